The normalized spacial score (nSPS) is 20.6. The van der Waals surface area contributed by atoms with Gasteiger partial charge >= 0.3 is 12.1 Å². The molecule has 1 aliphatic carbocycles. The molecule has 1 heterocycles. The lowest BCUT2D eigenvalue weighted by molar-refractivity contribution is -0.147. The maximum absolute atomic E-state index is 13.4. The van der Waals surface area contributed by atoms with Gasteiger partial charge in [-0.2, -0.15) is 0 Å². The molecule has 0 saturated heterocycles. The van der Waals surface area contributed by atoms with Crippen LogP contribution in [0.5, 0.6) is 0 Å². The van der Waals surface area contributed by atoms with Crippen LogP contribution in [0.2, 0.25) is 0 Å². The molecule has 2 aliphatic rings. The Labute approximate surface area is 274 Å². The minimum atomic E-state index is -0.982. The molecule has 0 radical (unpaired) electrons. The minimum absolute atomic E-state index is 0.0756. The molecule has 4 atom stereocenters. The Morgan fingerprint density at radius 2 is 1.62 bits per heavy atom. The summed E-state index contributed by atoms with van der Waals surface area (Å²) in [5.74, 6) is -2.16. The predicted molar refractivity (Wildman–Crippen MR) is 176 cm³/mol. The molecular formula is C37H41N3O7. The van der Waals surface area contributed by atoms with Crippen molar-refractivity contribution in [2.45, 2.75) is 56.7 Å². The number of fused-ring (bicyclic) bond motifs is 3. The van der Waals surface area contributed by atoms with E-state index in [0.29, 0.717) is 6.42 Å². The van der Waals surface area contributed by atoms with E-state index in [-0.39, 0.29) is 56.8 Å². The molecule has 0 unspecified atom stereocenters. The Morgan fingerprint density at radius 1 is 0.957 bits per heavy atom. The minimum Gasteiger partial charge on any atom is -0.462 e. The van der Waals surface area contributed by atoms with Gasteiger partial charge in [-0.3, -0.25) is 9.59 Å². The summed E-state index contributed by atoms with van der Waals surface area (Å²) in [4.78, 5) is 52.4. The fourth-order valence-corrected chi connectivity index (χ4v) is 6.02. The number of aliphatic hydroxyl groups excluding tert-OH is 1. The van der Waals surface area contributed by atoms with Gasteiger partial charge in [0, 0.05) is 18.4 Å². The van der Waals surface area contributed by atoms with Crippen LogP contribution in [0.1, 0.15) is 61.3 Å². The Bertz CT molecular complexity index is 1550. The number of benzene rings is 3. The number of amides is 3. The molecule has 10 heteroatoms. The Hall–Kier alpha value is -4.96. The maximum Gasteiger partial charge on any atom is 0.407 e. The smallest absolute Gasteiger partial charge is 0.407 e. The molecule has 0 spiro atoms. The summed E-state index contributed by atoms with van der Waals surface area (Å²) >= 11 is 0. The van der Waals surface area contributed by atoms with Gasteiger partial charge in [0.1, 0.15) is 19.3 Å². The van der Waals surface area contributed by atoms with Crippen molar-refractivity contribution in [3.8, 4) is 11.1 Å². The van der Waals surface area contributed by atoms with Crippen LogP contribution in [0.3, 0.4) is 0 Å². The van der Waals surface area contributed by atoms with E-state index in [2.05, 4.69) is 28.1 Å². The van der Waals surface area contributed by atoms with Crippen LogP contribution in [0.15, 0.2) is 91.0 Å². The molecule has 0 aromatic heterocycles. The number of hydrogen-bond donors (Lipinski definition) is 4. The summed E-state index contributed by atoms with van der Waals surface area (Å²) in [5, 5.41) is 17.6. The highest BCUT2D eigenvalue weighted by Gasteiger charge is 2.31. The topological polar surface area (TPSA) is 143 Å². The first-order chi connectivity index (χ1) is 22.8. The zero-order valence-electron chi connectivity index (χ0n) is 26.4. The number of hydrogen-bond acceptors (Lipinski definition) is 7. The van der Waals surface area contributed by atoms with Gasteiger partial charge in [0.25, 0.3) is 0 Å². The van der Waals surface area contributed by atoms with Crippen molar-refractivity contribution < 1.29 is 33.8 Å². The summed E-state index contributed by atoms with van der Waals surface area (Å²) in [6.45, 7) is 1.39. The molecule has 246 valence electrons. The van der Waals surface area contributed by atoms with Crippen molar-refractivity contribution in [3.05, 3.63) is 108 Å². The molecule has 10 nitrogen and oxygen atoms in total. The maximum atomic E-state index is 13.4. The molecule has 5 rings (SSSR count). The van der Waals surface area contributed by atoms with Crippen molar-refractivity contribution >= 4 is 23.9 Å². The fraction of sp³-hybridized carbons (Fsp3) is 0.351. The van der Waals surface area contributed by atoms with Crippen LogP contribution in [0, 0.1) is 5.92 Å². The number of nitrogens with one attached hydrogen (secondary N) is 3. The summed E-state index contributed by atoms with van der Waals surface area (Å²) in [5.41, 5.74) is 5.12. The summed E-state index contributed by atoms with van der Waals surface area (Å²) in [7, 11) is 0. The second-order valence-corrected chi connectivity index (χ2v) is 12.0. The number of cyclic esters (lactones) is 1. The van der Waals surface area contributed by atoms with Gasteiger partial charge in [-0.05, 0) is 54.0 Å². The third-order valence-electron chi connectivity index (χ3n) is 8.52. The van der Waals surface area contributed by atoms with E-state index >= 15 is 0 Å². The molecule has 3 aromatic rings. The number of carbonyl (C=O) groups excluding carboxylic acids is 4. The van der Waals surface area contributed by atoms with Gasteiger partial charge < -0.3 is 30.5 Å². The SMILES string of the molecule is C[C@@H](CO)NC(=O)C[C@H]1CC=CCC[C@H](NC(=O)OCC2c3ccccc3-c3ccccc32)C(=O)OC[C@@H](c2ccccc2)NC1=O. The summed E-state index contributed by atoms with van der Waals surface area (Å²) in [6.07, 6.45) is 3.77. The molecular weight excluding hydrogens is 598 g/mol. The number of allylic oxidation sites excluding steroid dienone is 2. The van der Waals surface area contributed by atoms with Crippen LogP contribution in [-0.2, 0) is 23.9 Å². The first kappa shape index (κ1) is 33.4. The molecule has 3 aromatic carbocycles. The van der Waals surface area contributed by atoms with Crippen molar-refractivity contribution in [1.82, 2.24) is 16.0 Å². The van der Waals surface area contributed by atoms with E-state index in [1.165, 1.54) is 0 Å². The number of esters is 1. The van der Waals surface area contributed by atoms with Crippen molar-refractivity contribution in [3.63, 3.8) is 0 Å². The van der Waals surface area contributed by atoms with E-state index in [1.807, 2.05) is 72.8 Å². The second kappa shape index (κ2) is 16.0. The van der Waals surface area contributed by atoms with Crippen LogP contribution in [0.25, 0.3) is 11.1 Å². The highest BCUT2D eigenvalue weighted by molar-refractivity contribution is 5.86. The standard InChI is InChI=1S/C37H41N3O7/c1-24(21-41)38-34(42)20-26-14-6-3-7-19-32(36(44)46-23-33(39-35(26)43)25-12-4-2-5-13-25)40-37(45)47-22-31-29-17-10-8-15-27(29)28-16-9-11-18-30(28)31/h2-6,8-13,15-18,24,26,31-33,41H,7,14,19-23H2,1H3,(H,38,42)(H,39,43)(H,40,45)/t24-,26+,32-,33-/m0/s1. The van der Waals surface area contributed by atoms with Gasteiger partial charge in [-0.1, -0.05) is 91.0 Å². The molecule has 3 amide bonds. The number of rotatable bonds is 8. The lowest BCUT2D eigenvalue weighted by Crippen LogP contribution is -2.44. The lowest BCUT2D eigenvalue weighted by atomic mass is 9.97. The van der Waals surface area contributed by atoms with Gasteiger partial charge in [0.15, 0.2) is 0 Å². The zero-order chi connectivity index (χ0) is 33.2. The number of alkyl carbamates (subject to hydrolysis) is 1. The molecule has 47 heavy (non-hydrogen) atoms. The first-order valence-electron chi connectivity index (χ1n) is 16.0. The lowest BCUT2D eigenvalue weighted by Gasteiger charge is -2.24. The van der Waals surface area contributed by atoms with E-state index < -0.39 is 36.1 Å². The van der Waals surface area contributed by atoms with Gasteiger partial charge in [-0.15, -0.1) is 0 Å². The van der Waals surface area contributed by atoms with Crippen LogP contribution in [-0.4, -0.2) is 60.9 Å². The third kappa shape index (κ3) is 8.65. The van der Waals surface area contributed by atoms with Crippen LogP contribution < -0.4 is 16.0 Å². The second-order valence-electron chi connectivity index (χ2n) is 12.0. The van der Waals surface area contributed by atoms with Crippen molar-refractivity contribution in [1.29, 1.82) is 0 Å². The van der Waals surface area contributed by atoms with Gasteiger partial charge in [0.05, 0.1) is 18.6 Å². The summed E-state index contributed by atoms with van der Waals surface area (Å²) in [6, 6.07) is 23.1. The highest BCUT2D eigenvalue weighted by Crippen LogP contribution is 2.44. The molecule has 0 fully saturated rings. The highest BCUT2D eigenvalue weighted by atomic mass is 16.6. The largest absolute Gasteiger partial charge is 0.462 e. The average Bonchev–Trinajstić information content (AvgIpc) is 3.41. The monoisotopic (exact) mass is 639 g/mol. The van der Waals surface area contributed by atoms with Crippen LogP contribution >= 0.6 is 0 Å². The van der Waals surface area contributed by atoms with Gasteiger partial charge in [-0.25, -0.2) is 9.59 Å². The Balaban J connectivity index is 1.27. The molecule has 4 N–H and O–H groups in total. The summed E-state index contributed by atoms with van der Waals surface area (Å²) < 4.78 is 11.4. The quantitative estimate of drug-likeness (QED) is 0.209. The molecule has 1 aliphatic heterocycles. The number of carbonyl (C=O) groups is 4. The molecule has 0 bridgehead atoms. The van der Waals surface area contributed by atoms with E-state index in [0.717, 1.165) is 27.8 Å². The third-order valence-corrected chi connectivity index (χ3v) is 8.52. The zero-order valence-corrected chi connectivity index (χ0v) is 26.4. The van der Waals surface area contributed by atoms with Crippen molar-refractivity contribution in [2.75, 3.05) is 19.8 Å². The Morgan fingerprint density at radius 3 is 2.30 bits per heavy atom. The van der Waals surface area contributed by atoms with Crippen LogP contribution in [0.4, 0.5) is 4.79 Å². The first-order valence-corrected chi connectivity index (χ1v) is 16.0. The van der Waals surface area contributed by atoms with E-state index in [1.54, 1.807) is 13.0 Å². The predicted octanol–water partition coefficient (Wildman–Crippen LogP) is 4.54. The Kier molecular flexibility index (Phi) is 11.4. The number of ether oxygens (including phenoxy) is 2. The molecule has 0 saturated carbocycles. The fourth-order valence-electron chi connectivity index (χ4n) is 6.02. The van der Waals surface area contributed by atoms with Gasteiger partial charge in [0.2, 0.25) is 11.8 Å². The van der Waals surface area contributed by atoms with E-state index in [4.69, 9.17) is 9.47 Å². The van der Waals surface area contributed by atoms with E-state index in [9.17, 15) is 24.3 Å². The van der Waals surface area contributed by atoms with Crippen molar-refractivity contribution in [2.24, 2.45) is 5.92 Å². The number of aliphatic hydroxyl groups is 1. The average molecular weight is 640 g/mol.